The molecule has 6 heteroatoms. The average molecular weight is 326 g/mol. The fourth-order valence-electron chi connectivity index (χ4n) is 2.15. The molecule has 0 heterocycles. The van der Waals surface area contributed by atoms with Gasteiger partial charge in [0.15, 0.2) is 0 Å². The molecule has 0 fully saturated rings. The van der Waals surface area contributed by atoms with Crippen LogP contribution in [0.25, 0.3) is 0 Å². The molecular formula is C15H16ClNO3S. The highest BCUT2D eigenvalue weighted by molar-refractivity contribution is 7.90. The number of fused-ring (bicyclic) bond motifs is 1. The minimum Gasteiger partial charge on any atom is -0.381 e. The lowest BCUT2D eigenvalue weighted by atomic mass is 9.92. The van der Waals surface area contributed by atoms with E-state index in [0.29, 0.717) is 17.7 Å². The summed E-state index contributed by atoms with van der Waals surface area (Å²) in [6, 6.07) is 6.60. The predicted octanol–water partition coefficient (Wildman–Crippen LogP) is 2.26. The molecule has 0 spiro atoms. The van der Waals surface area contributed by atoms with Crippen LogP contribution in [0.1, 0.15) is 34.1 Å². The van der Waals surface area contributed by atoms with Crippen molar-refractivity contribution in [1.82, 2.24) is 5.32 Å². The number of benzene rings is 1. The molecule has 0 aromatic heterocycles. The number of rotatable bonds is 6. The van der Waals surface area contributed by atoms with E-state index in [0.717, 1.165) is 6.42 Å². The van der Waals surface area contributed by atoms with Crippen molar-refractivity contribution in [3.05, 3.63) is 46.0 Å². The van der Waals surface area contributed by atoms with Crippen molar-refractivity contribution in [2.45, 2.75) is 13.3 Å². The minimum absolute atomic E-state index is 0.0489. The second-order valence-corrected chi connectivity index (χ2v) is 6.46. The first kappa shape index (κ1) is 15.9. The lowest BCUT2D eigenvalue weighted by Gasteiger charge is -2.21. The number of ketones is 2. The van der Waals surface area contributed by atoms with Gasteiger partial charge in [-0.3, -0.25) is 13.8 Å². The number of nitrogens with one attached hydrogen (secondary N) is 1. The van der Waals surface area contributed by atoms with Crippen molar-refractivity contribution < 1.29 is 13.8 Å². The highest BCUT2D eigenvalue weighted by Crippen LogP contribution is 2.27. The number of allylic oxidation sites excluding steroid dienone is 2. The predicted molar refractivity (Wildman–Crippen MR) is 84.2 cm³/mol. The SMILES string of the molecule is CCCNC1=C(S(=O)CCCl)C(=O)c2ccccc2C1=O. The lowest BCUT2D eigenvalue weighted by Crippen LogP contribution is -2.33. The Labute approximate surface area is 131 Å². The Hall–Kier alpha value is -1.46. The second kappa shape index (κ2) is 7.00. The van der Waals surface area contributed by atoms with E-state index in [1.54, 1.807) is 24.3 Å². The molecule has 0 aliphatic heterocycles. The number of carbonyl (C=O) groups excluding carboxylic acids is 2. The molecular weight excluding hydrogens is 310 g/mol. The molecule has 112 valence electrons. The van der Waals surface area contributed by atoms with E-state index in [1.165, 1.54) is 0 Å². The zero-order valence-electron chi connectivity index (χ0n) is 11.6. The van der Waals surface area contributed by atoms with Gasteiger partial charge in [0.05, 0.1) is 10.8 Å². The van der Waals surface area contributed by atoms with Crippen molar-refractivity contribution >= 4 is 34.0 Å². The molecule has 1 unspecified atom stereocenters. The molecule has 0 amide bonds. The Balaban J connectivity index is 2.54. The Kier molecular flexibility index (Phi) is 5.31. The standard InChI is InChI=1S/C15H16ClNO3S/c1-2-8-17-12-13(18)10-5-3-4-6-11(10)14(19)15(12)21(20)9-7-16/h3-6,17H,2,7-9H2,1H3. The quantitative estimate of drug-likeness (QED) is 0.815. The van der Waals surface area contributed by atoms with Crippen molar-refractivity contribution in [1.29, 1.82) is 0 Å². The Morgan fingerprint density at radius 3 is 2.33 bits per heavy atom. The summed E-state index contributed by atoms with van der Waals surface area (Å²) in [6.45, 7) is 2.49. The van der Waals surface area contributed by atoms with E-state index in [9.17, 15) is 13.8 Å². The Morgan fingerprint density at radius 1 is 1.14 bits per heavy atom. The third-order valence-electron chi connectivity index (χ3n) is 3.12. The molecule has 1 aromatic carbocycles. The second-order valence-electron chi connectivity index (χ2n) is 4.57. The third kappa shape index (κ3) is 3.09. The van der Waals surface area contributed by atoms with Crippen LogP contribution in [0.4, 0.5) is 0 Å². The van der Waals surface area contributed by atoms with E-state index in [1.807, 2.05) is 6.92 Å². The molecule has 1 atom stereocenters. The molecule has 1 aliphatic rings. The van der Waals surface area contributed by atoms with Gasteiger partial charge in [-0.2, -0.15) is 0 Å². The van der Waals surface area contributed by atoms with E-state index >= 15 is 0 Å². The Morgan fingerprint density at radius 2 is 1.76 bits per heavy atom. The van der Waals surface area contributed by atoms with Gasteiger partial charge in [-0.05, 0) is 6.42 Å². The topological polar surface area (TPSA) is 63.2 Å². The van der Waals surface area contributed by atoms with Gasteiger partial charge < -0.3 is 5.32 Å². The maximum absolute atomic E-state index is 12.6. The molecule has 0 saturated carbocycles. The summed E-state index contributed by atoms with van der Waals surface area (Å²) in [5, 5.41) is 2.95. The van der Waals surface area contributed by atoms with Crippen LogP contribution in [-0.4, -0.2) is 34.0 Å². The lowest BCUT2D eigenvalue weighted by molar-refractivity contribution is 0.0975. The van der Waals surface area contributed by atoms with Gasteiger partial charge in [-0.15, -0.1) is 11.6 Å². The van der Waals surface area contributed by atoms with E-state index < -0.39 is 10.8 Å². The van der Waals surface area contributed by atoms with Gasteiger partial charge in [-0.25, -0.2) is 0 Å². The summed E-state index contributed by atoms with van der Waals surface area (Å²) in [7, 11) is -1.58. The summed E-state index contributed by atoms with van der Waals surface area (Å²) in [5.41, 5.74) is 0.819. The van der Waals surface area contributed by atoms with E-state index in [2.05, 4.69) is 5.32 Å². The number of hydrogen-bond acceptors (Lipinski definition) is 4. The van der Waals surface area contributed by atoms with Crippen molar-refractivity contribution in [3.8, 4) is 0 Å². The molecule has 0 bridgehead atoms. The number of halogens is 1. The van der Waals surface area contributed by atoms with Crippen LogP contribution in [0.3, 0.4) is 0 Å². The highest BCUT2D eigenvalue weighted by Gasteiger charge is 2.34. The monoisotopic (exact) mass is 325 g/mol. The van der Waals surface area contributed by atoms with Crippen LogP contribution in [0.5, 0.6) is 0 Å². The first-order valence-electron chi connectivity index (χ1n) is 6.72. The Bertz CT molecular complexity index is 640. The third-order valence-corrected chi connectivity index (χ3v) is 4.95. The van der Waals surface area contributed by atoms with Gasteiger partial charge in [0.1, 0.15) is 10.6 Å². The summed E-state index contributed by atoms with van der Waals surface area (Å²) in [5.74, 6) is -0.320. The van der Waals surface area contributed by atoms with Crippen LogP contribution in [-0.2, 0) is 10.8 Å². The molecule has 1 aliphatic carbocycles. The maximum Gasteiger partial charge on any atom is 0.210 e. The highest BCUT2D eigenvalue weighted by atomic mass is 35.5. The summed E-state index contributed by atoms with van der Waals surface area (Å²) in [4.78, 5) is 25.2. The summed E-state index contributed by atoms with van der Waals surface area (Å²) < 4.78 is 12.3. The number of hydrogen-bond donors (Lipinski definition) is 1. The van der Waals surface area contributed by atoms with Crippen molar-refractivity contribution in [2.24, 2.45) is 0 Å². The number of Topliss-reactive ketones (excluding diaryl/α,β-unsaturated/α-hetero) is 2. The fraction of sp³-hybridized carbons (Fsp3) is 0.333. The smallest absolute Gasteiger partial charge is 0.210 e. The maximum atomic E-state index is 12.6. The molecule has 0 saturated heterocycles. The molecule has 0 radical (unpaired) electrons. The van der Waals surface area contributed by atoms with Gasteiger partial charge in [0.2, 0.25) is 11.6 Å². The van der Waals surface area contributed by atoms with Gasteiger partial charge in [0.25, 0.3) is 0 Å². The van der Waals surface area contributed by atoms with Gasteiger partial charge in [0, 0.05) is 29.3 Å². The first-order chi connectivity index (χ1) is 10.1. The summed E-state index contributed by atoms with van der Waals surface area (Å²) >= 11 is 5.62. The minimum atomic E-state index is -1.58. The van der Waals surface area contributed by atoms with Crippen LogP contribution in [0.15, 0.2) is 34.9 Å². The molecule has 1 N–H and O–H groups in total. The zero-order valence-corrected chi connectivity index (χ0v) is 13.2. The summed E-state index contributed by atoms with van der Waals surface area (Å²) in [6.07, 6.45) is 0.794. The van der Waals surface area contributed by atoms with Gasteiger partial charge >= 0.3 is 0 Å². The first-order valence-corrected chi connectivity index (χ1v) is 8.58. The average Bonchev–Trinajstić information content (AvgIpc) is 2.49. The van der Waals surface area contributed by atoms with Crippen LogP contribution in [0, 0.1) is 0 Å². The van der Waals surface area contributed by atoms with Crippen molar-refractivity contribution in [3.63, 3.8) is 0 Å². The van der Waals surface area contributed by atoms with E-state index in [-0.39, 0.29) is 33.8 Å². The van der Waals surface area contributed by atoms with Gasteiger partial charge in [-0.1, -0.05) is 31.2 Å². The molecule has 21 heavy (non-hydrogen) atoms. The number of carbonyl (C=O) groups is 2. The largest absolute Gasteiger partial charge is 0.381 e. The molecule has 4 nitrogen and oxygen atoms in total. The van der Waals surface area contributed by atoms with Crippen LogP contribution in [0.2, 0.25) is 0 Å². The van der Waals surface area contributed by atoms with Crippen LogP contribution < -0.4 is 5.32 Å². The molecule has 2 rings (SSSR count). The van der Waals surface area contributed by atoms with E-state index in [4.69, 9.17) is 11.6 Å². The van der Waals surface area contributed by atoms with Crippen molar-refractivity contribution in [2.75, 3.05) is 18.2 Å². The zero-order chi connectivity index (χ0) is 15.4. The van der Waals surface area contributed by atoms with Crippen LogP contribution >= 0.6 is 11.6 Å². The fourth-order valence-corrected chi connectivity index (χ4v) is 3.63. The normalized spacial score (nSPS) is 15.9. The number of alkyl halides is 1. The molecule has 1 aromatic rings.